The molecule has 1 aliphatic rings. The van der Waals surface area contributed by atoms with E-state index in [1.807, 2.05) is 7.05 Å². The van der Waals surface area contributed by atoms with Gasteiger partial charge in [-0.05, 0) is 25.9 Å². The van der Waals surface area contributed by atoms with Crippen LogP contribution in [0.2, 0.25) is 0 Å². The number of rotatable bonds is 2. The van der Waals surface area contributed by atoms with E-state index in [-0.39, 0.29) is 11.9 Å². The van der Waals surface area contributed by atoms with E-state index in [1.165, 1.54) is 0 Å². The van der Waals surface area contributed by atoms with E-state index in [0.29, 0.717) is 12.5 Å². The number of nitrogens with zero attached hydrogens (tertiary/aromatic N) is 1. The molecule has 0 aliphatic carbocycles. The van der Waals surface area contributed by atoms with E-state index < -0.39 is 0 Å². The Hall–Kier alpha value is -0.610. The first-order valence-corrected chi connectivity index (χ1v) is 4.83. The minimum Gasteiger partial charge on any atom is -0.354 e. The van der Waals surface area contributed by atoms with E-state index in [9.17, 15) is 4.79 Å². The molecule has 1 fully saturated rings. The first-order valence-electron chi connectivity index (χ1n) is 4.83. The SMILES string of the molecule is CC1CNC(=O)C(CCN)N(C)C1. The van der Waals surface area contributed by atoms with Crippen molar-refractivity contribution in [2.75, 3.05) is 26.7 Å². The van der Waals surface area contributed by atoms with Gasteiger partial charge in [0.2, 0.25) is 5.91 Å². The average Bonchev–Trinajstić information content (AvgIpc) is 2.19. The van der Waals surface area contributed by atoms with Crippen molar-refractivity contribution in [3.63, 3.8) is 0 Å². The van der Waals surface area contributed by atoms with Crippen LogP contribution in [0, 0.1) is 5.92 Å². The third-order valence-corrected chi connectivity index (χ3v) is 2.50. The highest BCUT2D eigenvalue weighted by atomic mass is 16.2. The van der Waals surface area contributed by atoms with Crippen LogP contribution in [-0.4, -0.2) is 43.5 Å². The van der Waals surface area contributed by atoms with Gasteiger partial charge in [-0.2, -0.15) is 0 Å². The van der Waals surface area contributed by atoms with Crippen molar-refractivity contribution in [3.8, 4) is 0 Å². The highest BCUT2D eigenvalue weighted by molar-refractivity contribution is 5.81. The number of hydrogen-bond acceptors (Lipinski definition) is 3. The lowest BCUT2D eigenvalue weighted by Crippen LogP contribution is -2.43. The summed E-state index contributed by atoms with van der Waals surface area (Å²) in [6.45, 7) is 4.45. The molecular formula is C9H19N3O. The standard InChI is InChI=1S/C9H19N3O/c1-7-5-11-9(13)8(3-4-10)12(2)6-7/h7-8H,3-6,10H2,1-2H3,(H,11,13). The summed E-state index contributed by atoms with van der Waals surface area (Å²) in [4.78, 5) is 13.6. The molecule has 1 amide bonds. The Kier molecular flexibility index (Phi) is 3.69. The van der Waals surface area contributed by atoms with Gasteiger partial charge in [0.25, 0.3) is 0 Å². The lowest BCUT2D eigenvalue weighted by atomic mass is 10.1. The Morgan fingerprint density at radius 2 is 2.38 bits per heavy atom. The number of amides is 1. The van der Waals surface area contributed by atoms with Crippen molar-refractivity contribution < 1.29 is 4.79 Å². The smallest absolute Gasteiger partial charge is 0.237 e. The van der Waals surface area contributed by atoms with E-state index in [4.69, 9.17) is 5.73 Å². The van der Waals surface area contributed by atoms with Crippen LogP contribution >= 0.6 is 0 Å². The average molecular weight is 185 g/mol. The molecule has 1 rings (SSSR count). The molecule has 1 heterocycles. The molecule has 0 aromatic heterocycles. The lowest BCUT2D eigenvalue weighted by molar-refractivity contribution is -0.125. The zero-order valence-electron chi connectivity index (χ0n) is 8.42. The number of likely N-dealkylation sites (N-methyl/N-ethyl adjacent to an activating group) is 1. The topological polar surface area (TPSA) is 58.4 Å². The summed E-state index contributed by atoms with van der Waals surface area (Å²) in [5.41, 5.74) is 5.46. The number of carbonyl (C=O) groups excluding carboxylic acids is 1. The maximum Gasteiger partial charge on any atom is 0.237 e. The fourth-order valence-electron chi connectivity index (χ4n) is 1.79. The van der Waals surface area contributed by atoms with Gasteiger partial charge in [-0.25, -0.2) is 0 Å². The summed E-state index contributed by atoms with van der Waals surface area (Å²) in [7, 11) is 1.99. The summed E-state index contributed by atoms with van der Waals surface area (Å²) >= 11 is 0. The quantitative estimate of drug-likeness (QED) is 0.604. The zero-order chi connectivity index (χ0) is 9.84. The molecule has 2 atom stereocenters. The summed E-state index contributed by atoms with van der Waals surface area (Å²) < 4.78 is 0. The molecule has 76 valence electrons. The van der Waals surface area contributed by atoms with Crippen LogP contribution in [0.1, 0.15) is 13.3 Å². The Morgan fingerprint density at radius 3 is 3.00 bits per heavy atom. The molecule has 4 heteroatoms. The molecule has 4 nitrogen and oxygen atoms in total. The van der Waals surface area contributed by atoms with Gasteiger partial charge >= 0.3 is 0 Å². The Labute approximate surface area is 79.5 Å². The molecule has 0 aromatic carbocycles. The Balaban J connectivity index is 2.61. The Morgan fingerprint density at radius 1 is 1.69 bits per heavy atom. The highest BCUT2D eigenvalue weighted by Gasteiger charge is 2.26. The van der Waals surface area contributed by atoms with E-state index in [1.54, 1.807) is 0 Å². The maximum absolute atomic E-state index is 11.6. The normalized spacial score (nSPS) is 31.2. The number of nitrogens with two attached hydrogens (primary N) is 1. The van der Waals surface area contributed by atoms with Crippen LogP contribution in [0.5, 0.6) is 0 Å². The van der Waals surface area contributed by atoms with Crippen LogP contribution < -0.4 is 11.1 Å². The second-order valence-corrected chi connectivity index (χ2v) is 3.88. The summed E-state index contributed by atoms with van der Waals surface area (Å²) in [5.74, 6) is 0.647. The molecule has 0 saturated carbocycles. The van der Waals surface area contributed by atoms with Crippen molar-refractivity contribution in [1.82, 2.24) is 10.2 Å². The molecule has 0 spiro atoms. The monoisotopic (exact) mass is 185 g/mol. The zero-order valence-corrected chi connectivity index (χ0v) is 8.42. The van der Waals surface area contributed by atoms with Crippen LogP contribution in [0.4, 0.5) is 0 Å². The molecule has 3 N–H and O–H groups in total. The minimum atomic E-state index is -0.0325. The van der Waals surface area contributed by atoms with Gasteiger partial charge < -0.3 is 11.1 Å². The lowest BCUT2D eigenvalue weighted by Gasteiger charge is -2.24. The van der Waals surface area contributed by atoms with Crippen molar-refractivity contribution in [1.29, 1.82) is 0 Å². The number of carbonyl (C=O) groups is 1. The van der Waals surface area contributed by atoms with Gasteiger partial charge in [0.15, 0.2) is 0 Å². The third kappa shape index (κ3) is 2.67. The predicted molar refractivity (Wildman–Crippen MR) is 52.3 cm³/mol. The van der Waals surface area contributed by atoms with Gasteiger partial charge in [0, 0.05) is 13.1 Å². The molecule has 2 unspecified atom stereocenters. The first-order chi connectivity index (χ1) is 6.15. The second kappa shape index (κ2) is 4.58. The second-order valence-electron chi connectivity index (χ2n) is 3.88. The largest absolute Gasteiger partial charge is 0.354 e. The van der Waals surface area contributed by atoms with Gasteiger partial charge in [-0.1, -0.05) is 6.92 Å². The number of hydrogen-bond donors (Lipinski definition) is 2. The van der Waals surface area contributed by atoms with Crippen LogP contribution in [0.25, 0.3) is 0 Å². The van der Waals surface area contributed by atoms with Crippen molar-refractivity contribution in [2.24, 2.45) is 11.7 Å². The van der Waals surface area contributed by atoms with Crippen LogP contribution in [-0.2, 0) is 4.79 Å². The Bertz CT molecular complexity index is 184. The van der Waals surface area contributed by atoms with Crippen molar-refractivity contribution in [3.05, 3.63) is 0 Å². The van der Waals surface area contributed by atoms with Gasteiger partial charge in [-0.15, -0.1) is 0 Å². The number of nitrogens with one attached hydrogen (secondary N) is 1. The summed E-state index contributed by atoms with van der Waals surface area (Å²) in [6.07, 6.45) is 0.745. The van der Waals surface area contributed by atoms with E-state index in [2.05, 4.69) is 17.1 Å². The van der Waals surface area contributed by atoms with Gasteiger partial charge in [-0.3, -0.25) is 9.69 Å². The van der Waals surface area contributed by atoms with Crippen LogP contribution in [0.3, 0.4) is 0 Å². The van der Waals surface area contributed by atoms with E-state index in [0.717, 1.165) is 19.5 Å². The van der Waals surface area contributed by atoms with Crippen molar-refractivity contribution >= 4 is 5.91 Å². The molecular weight excluding hydrogens is 166 g/mol. The molecule has 0 radical (unpaired) electrons. The molecule has 0 bridgehead atoms. The van der Waals surface area contributed by atoms with Crippen molar-refractivity contribution in [2.45, 2.75) is 19.4 Å². The molecule has 1 aliphatic heterocycles. The fraction of sp³-hybridized carbons (Fsp3) is 0.889. The maximum atomic E-state index is 11.6. The summed E-state index contributed by atoms with van der Waals surface area (Å²) in [6, 6.07) is -0.0325. The molecule has 13 heavy (non-hydrogen) atoms. The fourth-order valence-corrected chi connectivity index (χ4v) is 1.79. The molecule has 1 saturated heterocycles. The van der Waals surface area contributed by atoms with Gasteiger partial charge in [0.05, 0.1) is 6.04 Å². The van der Waals surface area contributed by atoms with E-state index >= 15 is 0 Å². The minimum absolute atomic E-state index is 0.0325. The van der Waals surface area contributed by atoms with Crippen LogP contribution in [0.15, 0.2) is 0 Å². The third-order valence-electron chi connectivity index (χ3n) is 2.50. The summed E-state index contributed by atoms with van der Waals surface area (Å²) in [5, 5.41) is 2.92. The first kappa shape index (κ1) is 10.5. The predicted octanol–water partition coefficient (Wildman–Crippen LogP) is -0.598. The molecule has 0 aromatic rings. The van der Waals surface area contributed by atoms with Gasteiger partial charge in [0.1, 0.15) is 0 Å². The highest BCUT2D eigenvalue weighted by Crippen LogP contribution is 2.09.